The van der Waals surface area contributed by atoms with Crippen molar-refractivity contribution in [3.63, 3.8) is 0 Å². The molecule has 0 aliphatic heterocycles. The fourth-order valence-corrected chi connectivity index (χ4v) is 3.70. The highest BCUT2D eigenvalue weighted by atomic mass is 79.9. The fraction of sp³-hybridized carbons (Fsp3) is 0.308. The van der Waals surface area contributed by atoms with E-state index in [1.165, 1.54) is 25.0 Å². The van der Waals surface area contributed by atoms with Gasteiger partial charge in [-0.05, 0) is 47.0 Å². The normalized spacial score (nSPS) is 15.1. The van der Waals surface area contributed by atoms with Crippen LogP contribution in [0.25, 0.3) is 10.6 Å². The van der Waals surface area contributed by atoms with Gasteiger partial charge in [-0.3, -0.25) is 0 Å². The van der Waals surface area contributed by atoms with Crippen molar-refractivity contribution in [2.45, 2.75) is 25.3 Å². The van der Waals surface area contributed by atoms with E-state index in [0.29, 0.717) is 12.5 Å². The molecule has 1 heterocycles. The topological polar surface area (TPSA) is 38.9 Å². The zero-order valence-electron chi connectivity index (χ0n) is 9.62. The summed E-state index contributed by atoms with van der Waals surface area (Å²) in [4.78, 5) is 5.85. The van der Waals surface area contributed by atoms with Crippen LogP contribution in [-0.4, -0.2) is 4.98 Å². The summed E-state index contributed by atoms with van der Waals surface area (Å²) in [5.41, 5.74) is 7.85. The van der Waals surface area contributed by atoms with Crippen molar-refractivity contribution in [3.8, 4) is 10.6 Å². The maximum Gasteiger partial charge on any atom is 0.125 e. The summed E-state index contributed by atoms with van der Waals surface area (Å²) < 4.78 is 13.8. The molecular weight excluding hydrogens is 315 g/mol. The molecule has 0 saturated heterocycles. The van der Waals surface area contributed by atoms with E-state index in [4.69, 9.17) is 5.73 Å². The molecule has 0 amide bonds. The highest BCUT2D eigenvalue weighted by molar-refractivity contribution is 9.10. The Balaban J connectivity index is 2.05. The first kappa shape index (κ1) is 12.3. The minimum absolute atomic E-state index is 0.247. The molecule has 94 valence electrons. The molecule has 1 aromatic heterocycles. The lowest BCUT2D eigenvalue weighted by Gasteiger charge is -1.99. The second kappa shape index (κ2) is 4.72. The maximum atomic E-state index is 13.1. The molecule has 1 aliphatic rings. The molecule has 1 aliphatic carbocycles. The van der Waals surface area contributed by atoms with Crippen molar-refractivity contribution >= 4 is 27.3 Å². The molecule has 2 aromatic rings. The molecule has 1 aromatic carbocycles. The molecular formula is C13H12BrFN2S. The van der Waals surface area contributed by atoms with E-state index in [2.05, 4.69) is 20.9 Å². The summed E-state index contributed by atoms with van der Waals surface area (Å²) in [5, 5.41) is 0.921. The fourth-order valence-electron chi connectivity index (χ4n) is 1.96. The second-order valence-corrected chi connectivity index (χ2v) is 6.37. The van der Waals surface area contributed by atoms with Crippen molar-refractivity contribution in [3.05, 3.63) is 39.1 Å². The van der Waals surface area contributed by atoms with Crippen LogP contribution >= 0.6 is 27.3 Å². The van der Waals surface area contributed by atoms with Gasteiger partial charge in [-0.25, -0.2) is 9.37 Å². The van der Waals surface area contributed by atoms with Gasteiger partial charge in [-0.15, -0.1) is 11.3 Å². The molecule has 18 heavy (non-hydrogen) atoms. The first-order valence-electron chi connectivity index (χ1n) is 5.84. The third kappa shape index (κ3) is 2.22. The zero-order valence-corrected chi connectivity index (χ0v) is 12.0. The molecule has 2 N–H and O–H groups in total. The lowest BCUT2D eigenvalue weighted by molar-refractivity contribution is 0.627. The van der Waals surface area contributed by atoms with Crippen LogP contribution in [0.3, 0.4) is 0 Å². The van der Waals surface area contributed by atoms with E-state index in [0.717, 1.165) is 25.6 Å². The highest BCUT2D eigenvalue weighted by Crippen LogP contribution is 2.44. The number of thiazole rings is 1. The molecule has 5 heteroatoms. The van der Waals surface area contributed by atoms with E-state index >= 15 is 0 Å². The van der Waals surface area contributed by atoms with Crippen LogP contribution in [0.1, 0.15) is 29.3 Å². The Kier molecular flexibility index (Phi) is 3.21. The van der Waals surface area contributed by atoms with Crippen molar-refractivity contribution in [2.24, 2.45) is 5.73 Å². The van der Waals surface area contributed by atoms with Crippen LogP contribution in [-0.2, 0) is 6.54 Å². The average molecular weight is 327 g/mol. The summed E-state index contributed by atoms with van der Waals surface area (Å²) in [6.45, 7) is 0.530. The Morgan fingerprint density at radius 1 is 1.44 bits per heavy atom. The Bertz CT molecular complexity index is 593. The molecule has 0 radical (unpaired) electrons. The van der Waals surface area contributed by atoms with Crippen molar-refractivity contribution in [1.82, 2.24) is 4.98 Å². The Labute approximate surface area is 117 Å². The van der Waals surface area contributed by atoms with E-state index in [-0.39, 0.29) is 5.82 Å². The smallest absolute Gasteiger partial charge is 0.125 e. The number of nitrogens with zero attached hydrogens (tertiary/aromatic N) is 1. The molecule has 0 unspecified atom stereocenters. The Hall–Kier alpha value is -0.780. The molecule has 1 saturated carbocycles. The van der Waals surface area contributed by atoms with Gasteiger partial charge in [-0.1, -0.05) is 0 Å². The van der Waals surface area contributed by atoms with E-state index < -0.39 is 0 Å². The molecule has 1 fully saturated rings. The predicted octanol–water partition coefficient (Wildman–Crippen LogP) is 4.05. The third-order valence-electron chi connectivity index (χ3n) is 3.04. The van der Waals surface area contributed by atoms with Gasteiger partial charge in [0.2, 0.25) is 0 Å². The highest BCUT2D eigenvalue weighted by Gasteiger charge is 2.29. The molecule has 0 atom stereocenters. The average Bonchev–Trinajstić information content (AvgIpc) is 3.10. The summed E-state index contributed by atoms with van der Waals surface area (Å²) in [7, 11) is 0. The van der Waals surface area contributed by atoms with Crippen LogP contribution in [0.4, 0.5) is 4.39 Å². The number of benzene rings is 1. The minimum Gasteiger partial charge on any atom is -0.326 e. The monoisotopic (exact) mass is 326 g/mol. The standard InChI is InChI=1S/C13H12BrFN2S/c14-10-5-8(15)3-4-9(10)13-17-12(7-1-2-7)11(6-16)18-13/h3-5,7H,1-2,6,16H2. The van der Waals surface area contributed by atoms with Crippen LogP contribution in [0, 0.1) is 5.82 Å². The van der Waals surface area contributed by atoms with Gasteiger partial charge in [0.1, 0.15) is 10.8 Å². The lowest BCUT2D eigenvalue weighted by Crippen LogP contribution is -1.96. The third-order valence-corrected chi connectivity index (χ3v) is 4.82. The summed E-state index contributed by atoms with van der Waals surface area (Å²) in [5.74, 6) is 0.344. The Morgan fingerprint density at radius 2 is 2.22 bits per heavy atom. The van der Waals surface area contributed by atoms with Crippen molar-refractivity contribution < 1.29 is 4.39 Å². The SMILES string of the molecule is NCc1sc(-c2ccc(F)cc2Br)nc1C1CC1. The number of hydrogen-bond donors (Lipinski definition) is 1. The number of hydrogen-bond acceptors (Lipinski definition) is 3. The quantitative estimate of drug-likeness (QED) is 0.924. The number of aromatic nitrogens is 1. The predicted molar refractivity (Wildman–Crippen MR) is 75.1 cm³/mol. The molecule has 3 rings (SSSR count). The first-order chi connectivity index (χ1) is 8.69. The van der Waals surface area contributed by atoms with Crippen LogP contribution in [0.2, 0.25) is 0 Å². The minimum atomic E-state index is -0.247. The largest absolute Gasteiger partial charge is 0.326 e. The molecule has 2 nitrogen and oxygen atoms in total. The van der Waals surface area contributed by atoms with Crippen molar-refractivity contribution in [1.29, 1.82) is 0 Å². The molecule has 0 spiro atoms. The van der Waals surface area contributed by atoms with Crippen LogP contribution in [0.5, 0.6) is 0 Å². The Morgan fingerprint density at radius 3 is 2.83 bits per heavy atom. The van der Waals surface area contributed by atoms with Gasteiger partial charge in [-0.2, -0.15) is 0 Å². The van der Waals surface area contributed by atoms with Gasteiger partial charge >= 0.3 is 0 Å². The number of rotatable bonds is 3. The maximum absolute atomic E-state index is 13.1. The lowest BCUT2D eigenvalue weighted by atomic mass is 10.2. The number of nitrogens with two attached hydrogens (primary N) is 1. The summed E-state index contributed by atoms with van der Waals surface area (Å²) in [6, 6.07) is 4.69. The zero-order chi connectivity index (χ0) is 12.7. The van der Waals surface area contributed by atoms with E-state index in [9.17, 15) is 4.39 Å². The summed E-state index contributed by atoms with van der Waals surface area (Å²) in [6.07, 6.45) is 2.42. The van der Waals surface area contributed by atoms with Gasteiger partial charge in [0.15, 0.2) is 0 Å². The number of halogens is 2. The summed E-state index contributed by atoms with van der Waals surface area (Å²) >= 11 is 5.00. The van der Waals surface area contributed by atoms with Gasteiger partial charge < -0.3 is 5.73 Å². The van der Waals surface area contributed by atoms with E-state index in [1.54, 1.807) is 17.4 Å². The van der Waals surface area contributed by atoms with Crippen molar-refractivity contribution in [2.75, 3.05) is 0 Å². The second-order valence-electron chi connectivity index (χ2n) is 4.43. The van der Waals surface area contributed by atoms with Gasteiger partial charge in [0.05, 0.1) is 5.69 Å². The molecule has 0 bridgehead atoms. The first-order valence-corrected chi connectivity index (χ1v) is 7.45. The van der Waals surface area contributed by atoms with E-state index in [1.807, 2.05) is 0 Å². The van der Waals surface area contributed by atoms with Gasteiger partial charge in [0, 0.05) is 27.4 Å². The van der Waals surface area contributed by atoms with Crippen LogP contribution in [0.15, 0.2) is 22.7 Å². The van der Waals surface area contributed by atoms with Crippen LogP contribution < -0.4 is 5.73 Å². The van der Waals surface area contributed by atoms with Gasteiger partial charge in [0.25, 0.3) is 0 Å².